The number of rotatable bonds is 4. The average Bonchev–Trinajstić information content (AvgIpc) is 2.28. The average molecular weight is 305 g/mol. The number of halogens is 1. The summed E-state index contributed by atoms with van der Waals surface area (Å²) in [5.74, 6) is 0.153. The zero-order chi connectivity index (χ0) is 13.0. The third-order valence-electron chi connectivity index (χ3n) is 2.52. The van der Waals surface area contributed by atoms with Gasteiger partial charge in [0.1, 0.15) is 5.78 Å². The van der Waals surface area contributed by atoms with Crippen LogP contribution in [-0.2, 0) is 17.6 Å². The van der Waals surface area contributed by atoms with E-state index in [4.69, 9.17) is 5.73 Å². The second-order valence-electron chi connectivity index (χ2n) is 4.15. The first kappa shape index (κ1) is 12.8. The van der Waals surface area contributed by atoms with E-state index in [0.29, 0.717) is 18.5 Å². The summed E-state index contributed by atoms with van der Waals surface area (Å²) in [6.07, 6.45) is 4.20. The second kappa shape index (κ2) is 5.78. The van der Waals surface area contributed by atoms with Crippen LogP contribution in [-0.4, -0.2) is 10.8 Å². The molecule has 0 aliphatic heterocycles. The van der Waals surface area contributed by atoms with Crippen molar-refractivity contribution in [2.24, 2.45) is 0 Å². The smallest absolute Gasteiger partial charge is 0.141 e. The van der Waals surface area contributed by atoms with E-state index in [1.807, 2.05) is 30.3 Å². The highest BCUT2D eigenvalue weighted by Gasteiger charge is 2.06. The number of hydrogen-bond donors (Lipinski definition) is 1. The summed E-state index contributed by atoms with van der Waals surface area (Å²) in [4.78, 5) is 16.0. The molecule has 18 heavy (non-hydrogen) atoms. The van der Waals surface area contributed by atoms with Gasteiger partial charge in [-0.25, -0.2) is 0 Å². The quantitative estimate of drug-likeness (QED) is 0.884. The van der Waals surface area contributed by atoms with Crippen LogP contribution in [0.3, 0.4) is 0 Å². The molecule has 0 amide bonds. The molecule has 2 N–H and O–H groups in total. The molecule has 0 aliphatic carbocycles. The van der Waals surface area contributed by atoms with Crippen molar-refractivity contribution in [3.05, 3.63) is 58.3 Å². The number of nitrogen functional groups attached to an aromatic ring is 1. The van der Waals surface area contributed by atoms with Gasteiger partial charge in [0, 0.05) is 35.4 Å². The summed E-state index contributed by atoms with van der Waals surface area (Å²) in [6, 6.07) is 9.32. The number of pyridine rings is 1. The Balaban J connectivity index is 2.01. The first-order valence-corrected chi connectivity index (χ1v) is 6.38. The van der Waals surface area contributed by atoms with Crippen LogP contribution in [0.5, 0.6) is 0 Å². The first-order chi connectivity index (χ1) is 8.63. The van der Waals surface area contributed by atoms with Crippen LogP contribution in [0, 0.1) is 0 Å². The molecule has 0 bridgehead atoms. The monoisotopic (exact) mass is 304 g/mol. The molecule has 1 heterocycles. The van der Waals surface area contributed by atoms with Gasteiger partial charge in [-0.15, -0.1) is 0 Å². The van der Waals surface area contributed by atoms with E-state index in [-0.39, 0.29) is 5.78 Å². The van der Waals surface area contributed by atoms with Crippen molar-refractivity contribution in [2.75, 3.05) is 5.73 Å². The summed E-state index contributed by atoms with van der Waals surface area (Å²) in [5.41, 5.74) is 8.23. The summed E-state index contributed by atoms with van der Waals surface area (Å²) >= 11 is 3.34. The lowest BCUT2D eigenvalue weighted by molar-refractivity contribution is -0.117. The molecule has 0 spiro atoms. The molecule has 92 valence electrons. The highest BCUT2D eigenvalue weighted by Crippen LogP contribution is 2.12. The van der Waals surface area contributed by atoms with E-state index >= 15 is 0 Å². The van der Waals surface area contributed by atoms with E-state index in [0.717, 1.165) is 15.6 Å². The van der Waals surface area contributed by atoms with Gasteiger partial charge in [0.25, 0.3) is 0 Å². The zero-order valence-corrected chi connectivity index (χ0v) is 11.4. The lowest BCUT2D eigenvalue weighted by Gasteiger charge is -2.03. The highest BCUT2D eigenvalue weighted by molar-refractivity contribution is 9.10. The van der Waals surface area contributed by atoms with Crippen molar-refractivity contribution in [1.82, 2.24) is 4.98 Å². The topological polar surface area (TPSA) is 56.0 Å². The van der Waals surface area contributed by atoms with Crippen molar-refractivity contribution >= 4 is 27.4 Å². The van der Waals surface area contributed by atoms with E-state index < -0.39 is 0 Å². The fourth-order valence-corrected chi connectivity index (χ4v) is 2.19. The predicted molar refractivity (Wildman–Crippen MR) is 75.2 cm³/mol. The number of ketones is 1. The molecule has 0 fully saturated rings. The third kappa shape index (κ3) is 3.67. The molecule has 4 heteroatoms. The van der Waals surface area contributed by atoms with E-state index in [9.17, 15) is 4.79 Å². The van der Waals surface area contributed by atoms with E-state index in [1.54, 1.807) is 12.4 Å². The Bertz CT molecular complexity index is 520. The minimum atomic E-state index is 0.153. The maximum atomic E-state index is 11.9. The number of carbonyl (C=O) groups is 1. The Morgan fingerprint density at radius 3 is 2.67 bits per heavy atom. The second-order valence-corrected chi connectivity index (χ2v) is 5.06. The van der Waals surface area contributed by atoms with Crippen LogP contribution in [0.2, 0.25) is 0 Å². The molecule has 2 aromatic rings. The molecular weight excluding hydrogens is 292 g/mol. The number of nitrogens with two attached hydrogens (primary N) is 1. The van der Waals surface area contributed by atoms with Crippen molar-refractivity contribution in [3.8, 4) is 0 Å². The molecule has 0 aliphatic rings. The standard InChI is InChI=1S/C14H13BrN2O/c15-12-4-11(8-17-9-12)7-14(18)6-10-2-1-3-13(16)5-10/h1-5,8-9H,6-7,16H2. The number of Topliss-reactive ketones (excluding diaryl/α,β-unsaturated/α-hetero) is 1. The molecule has 0 saturated heterocycles. The SMILES string of the molecule is Nc1cccc(CC(=O)Cc2cncc(Br)c2)c1. The number of benzene rings is 1. The first-order valence-electron chi connectivity index (χ1n) is 5.59. The fourth-order valence-electron chi connectivity index (χ4n) is 1.77. The molecule has 3 nitrogen and oxygen atoms in total. The van der Waals surface area contributed by atoms with Gasteiger partial charge < -0.3 is 5.73 Å². The number of aromatic nitrogens is 1. The fraction of sp³-hybridized carbons (Fsp3) is 0.143. The molecule has 0 unspecified atom stereocenters. The van der Waals surface area contributed by atoms with Crippen LogP contribution >= 0.6 is 15.9 Å². The summed E-state index contributed by atoms with van der Waals surface area (Å²) < 4.78 is 0.886. The Hall–Kier alpha value is -1.68. The molecule has 0 saturated carbocycles. The lowest BCUT2D eigenvalue weighted by Crippen LogP contribution is -2.07. The molecular formula is C14H13BrN2O. The highest BCUT2D eigenvalue weighted by atomic mass is 79.9. The molecule has 1 aromatic heterocycles. The number of carbonyl (C=O) groups excluding carboxylic acids is 1. The van der Waals surface area contributed by atoms with Crippen molar-refractivity contribution in [2.45, 2.75) is 12.8 Å². The van der Waals surface area contributed by atoms with Gasteiger partial charge in [0.15, 0.2) is 0 Å². The maximum Gasteiger partial charge on any atom is 0.141 e. The van der Waals surface area contributed by atoms with E-state index in [2.05, 4.69) is 20.9 Å². The maximum absolute atomic E-state index is 11.9. The molecule has 0 atom stereocenters. The van der Waals surface area contributed by atoms with Gasteiger partial charge in [-0.3, -0.25) is 9.78 Å². The lowest BCUT2D eigenvalue weighted by atomic mass is 10.0. The largest absolute Gasteiger partial charge is 0.399 e. The van der Waals surface area contributed by atoms with Gasteiger partial charge in [-0.05, 0) is 45.3 Å². The third-order valence-corrected chi connectivity index (χ3v) is 2.95. The number of nitrogens with zero attached hydrogens (tertiary/aromatic N) is 1. The van der Waals surface area contributed by atoms with Gasteiger partial charge in [0.05, 0.1) is 0 Å². The van der Waals surface area contributed by atoms with Crippen LogP contribution in [0.4, 0.5) is 5.69 Å². The van der Waals surface area contributed by atoms with Gasteiger partial charge in [0.2, 0.25) is 0 Å². The van der Waals surface area contributed by atoms with Gasteiger partial charge in [-0.2, -0.15) is 0 Å². The van der Waals surface area contributed by atoms with Crippen LogP contribution in [0.25, 0.3) is 0 Å². The van der Waals surface area contributed by atoms with Crippen LogP contribution in [0.15, 0.2) is 47.2 Å². The minimum Gasteiger partial charge on any atom is -0.399 e. The zero-order valence-electron chi connectivity index (χ0n) is 9.77. The Labute approximate surface area is 114 Å². The summed E-state index contributed by atoms with van der Waals surface area (Å²) in [5, 5.41) is 0. The van der Waals surface area contributed by atoms with E-state index in [1.165, 1.54) is 0 Å². The summed E-state index contributed by atoms with van der Waals surface area (Å²) in [6.45, 7) is 0. The molecule has 2 rings (SSSR count). The van der Waals surface area contributed by atoms with Crippen molar-refractivity contribution in [1.29, 1.82) is 0 Å². The number of anilines is 1. The molecule has 0 radical (unpaired) electrons. The Kier molecular flexibility index (Phi) is 4.10. The van der Waals surface area contributed by atoms with Gasteiger partial charge >= 0.3 is 0 Å². The minimum absolute atomic E-state index is 0.153. The van der Waals surface area contributed by atoms with Crippen molar-refractivity contribution < 1.29 is 4.79 Å². The van der Waals surface area contributed by atoms with Crippen molar-refractivity contribution in [3.63, 3.8) is 0 Å². The molecule has 1 aromatic carbocycles. The summed E-state index contributed by atoms with van der Waals surface area (Å²) in [7, 11) is 0. The Morgan fingerprint density at radius 1 is 1.17 bits per heavy atom. The van der Waals surface area contributed by atoms with Crippen LogP contribution in [0.1, 0.15) is 11.1 Å². The van der Waals surface area contributed by atoms with Gasteiger partial charge in [-0.1, -0.05) is 12.1 Å². The predicted octanol–water partition coefficient (Wildman–Crippen LogP) is 2.78. The Morgan fingerprint density at radius 2 is 1.94 bits per heavy atom. The number of hydrogen-bond acceptors (Lipinski definition) is 3. The van der Waals surface area contributed by atoms with Crippen LogP contribution < -0.4 is 5.73 Å². The normalized spacial score (nSPS) is 10.3.